The summed E-state index contributed by atoms with van der Waals surface area (Å²) < 4.78 is 4.66. The van der Waals surface area contributed by atoms with Gasteiger partial charge in [0.05, 0.1) is 16.7 Å². The second-order valence-electron chi connectivity index (χ2n) is 7.11. The number of primary amides is 1. The van der Waals surface area contributed by atoms with Crippen molar-refractivity contribution in [3.63, 3.8) is 0 Å². The first kappa shape index (κ1) is 15.2. The molecule has 0 saturated heterocycles. The van der Waals surface area contributed by atoms with E-state index in [1.165, 1.54) is 16.5 Å². The quantitative estimate of drug-likeness (QED) is 0.570. The zero-order chi connectivity index (χ0) is 17.8. The fraction of sp³-hybridized carbons (Fsp3) is 0.238. The third-order valence-corrected chi connectivity index (χ3v) is 5.34. The van der Waals surface area contributed by atoms with Crippen LogP contribution >= 0.6 is 0 Å². The number of hydrogen-bond acceptors (Lipinski definition) is 2. The third-order valence-electron chi connectivity index (χ3n) is 5.34. The first-order valence-corrected chi connectivity index (χ1v) is 9.02. The minimum atomic E-state index is -0.420. The highest BCUT2D eigenvalue weighted by atomic mass is 16.1. The number of nitrogens with two attached hydrogens (primary N) is 1. The Bertz CT molecular complexity index is 1180. The largest absolute Gasteiger partial charge is 0.366 e. The van der Waals surface area contributed by atoms with Crippen molar-refractivity contribution >= 4 is 27.8 Å². The molecule has 130 valence electrons. The summed E-state index contributed by atoms with van der Waals surface area (Å²) in [5.74, 6) is 0.548. The Labute approximate surface area is 151 Å². The zero-order valence-electron chi connectivity index (χ0n) is 14.7. The predicted octanol–water partition coefficient (Wildman–Crippen LogP) is 3.86. The second kappa shape index (κ2) is 5.46. The molecule has 2 aromatic heterocycles. The van der Waals surface area contributed by atoms with Crippen molar-refractivity contribution in [1.29, 1.82) is 0 Å². The number of aryl methyl sites for hydroxylation is 3. The van der Waals surface area contributed by atoms with Crippen LogP contribution in [0.4, 0.5) is 0 Å². The molecule has 3 heterocycles. The minimum absolute atomic E-state index is 0.420. The van der Waals surface area contributed by atoms with Crippen molar-refractivity contribution in [2.24, 2.45) is 5.73 Å². The molecule has 4 aromatic rings. The van der Waals surface area contributed by atoms with Gasteiger partial charge in [0, 0.05) is 29.6 Å². The van der Waals surface area contributed by atoms with E-state index < -0.39 is 5.91 Å². The number of aromatic nitrogens is 3. The number of benzene rings is 2. The summed E-state index contributed by atoms with van der Waals surface area (Å²) in [6, 6.07) is 14.4. The molecule has 0 spiro atoms. The van der Waals surface area contributed by atoms with Crippen LogP contribution in [0.5, 0.6) is 0 Å². The topological polar surface area (TPSA) is 65.8 Å². The molecule has 0 unspecified atom stereocenters. The van der Waals surface area contributed by atoms with Gasteiger partial charge < -0.3 is 14.9 Å². The van der Waals surface area contributed by atoms with Gasteiger partial charge in [-0.3, -0.25) is 4.79 Å². The van der Waals surface area contributed by atoms with Gasteiger partial charge in [-0.25, -0.2) is 4.98 Å². The fourth-order valence-electron chi connectivity index (χ4n) is 4.04. The average molecular weight is 344 g/mol. The highest BCUT2D eigenvalue weighted by molar-refractivity contribution is 5.97. The molecular weight excluding hydrogens is 324 g/mol. The van der Waals surface area contributed by atoms with Crippen LogP contribution < -0.4 is 5.73 Å². The standard InChI is InChI=1S/C21H20N4O/c1-13-4-5-14-12-19-21-23-16-11-15(20(22)26)6-7-17(16)25(21)9-3-2-8-24(19)18(14)10-13/h4-7,10-12H,2-3,8-9H2,1H3,(H2,22,26). The van der Waals surface area contributed by atoms with Gasteiger partial charge in [0.2, 0.25) is 5.91 Å². The van der Waals surface area contributed by atoms with Gasteiger partial charge in [0.25, 0.3) is 0 Å². The van der Waals surface area contributed by atoms with E-state index in [2.05, 4.69) is 40.3 Å². The summed E-state index contributed by atoms with van der Waals surface area (Å²) in [4.78, 5) is 16.4. The van der Waals surface area contributed by atoms with Gasteiger partial charge in [0.1, 0.15) is 0 Å². The van der Waals surface area contributed by atoms with Gasteiger partial charge in [-0.05, 0) is 55.7 Å². The lowest BCUT2D eigenvalue weighted by atomic mass is 10.2. The monoisotopic (exact) mass is 344 g/mol. The first-order valence-electron chi connectivity index (χ1n) is 9.02. The first-order chi connectivity index (χ1) is 12.6. The Hall–Kier alpha value is -3.08. The molecule has 0 bridgehead atoms. The molecule has 2 aromatic carbocycles. The fourth-order valence-corrected chi connectivity index (χ4v) is 4.04. The Kier molecular flexibility index (Phi) is 3.19. The molecule has 5 rings (SSSR count). The number of amides is 1. The van der Waals surface area contributed by atoms with E-state index in [0.717, 1.165) is 48.5 Å². The highest BCUT2D eigenvalue weighted by Gasteiger charge is 2.20. The molecule has 0 saturated carbocycles. The summed E-state index contributed by atoms with van der Waals surface area (Å²) in [7, 11) is 0. The van der Waals surface area contributed by atoms with Crippen molar-refractivity contribution in [2.75, 3.05) is 0 Å². The van der Waals surface area contributed by atoms with E-state index in [0.29, 0.717) is 5.56 Å². The maximum absolute atomic E-state index is 11.5. The van der Waals surface area contributed by atoms with E-state index in [-0.39, 0.29) is 0 Å². The van der Waals surface area contributed by atoms with Crippen LogP contribution in [0.25, 0.3) is 33.5 Å². The van der Waals surface area contributed by atoms with E-state index >= 15 is 0 Å². The van der Waals surface area contributed by atoms with Gasteiger partial charge >= 0.3 is 0 Å². The van der Waals surface area contributed by atoms with Gasteiger partial charge in [-0.2, -0.15) is 0 Å². The molecule has 2 N–H and O–H groups in total. The van der Waals surface area contributed by atoms with E-state index in [4.69, 9.17) is 10.7 Å². The third kappa shape index (κ3) is 2.17. The molecule has 5 heteroatoms. The van der Waals surface area contributed by atoms with Crippen molar-refractivity contribution < 1.29 is 4.79 Å². The van der Waals surface area contributed by atoms with E-state index in [9.17, 15) is 4.79 Å². The van der Waals surface area contributed by atoms with Crippen LogP contribution in [0.1, 0.15) is 28.8 Å². The number of carbonyl (C=O) groups excluding carboxylic acids is 1. The smallest absolute Gasteiger partial charge is 0.248 e. The lowest BCUT2D eigenvalue weighted by Gasteiger charge is -2.17. The van der Waals surface area contributed by atoms with Crippen molar-refractivity contribution in [2.45, 2.75) is 32.9 Å². The maximum Gasteiger partial charge on any atom is 0.248 e. The van der Waals surface area contributed by atoms with Gasteiger partial charge in [0.15, 0.2) is 5.82 Å². The number of carbonyl (C=O) groups is 1. The van der Waals surface area contributed by atoms with Gasteiger partial charge in [-0.15, -0.1) is 0 Å². The molecule has 1 aliphatic rings. The Morgan fingerprint density at radius 1 is 1.00 bits per heavy atom. The molecule has 0 atom stereocenters. The summed E-state index contributed by atoms with van der Waals surface area (Å²) in [5.41, 5.74) is 11.5. The zero-order valence-corrected chi connectivity index (χ0v) is 14.7. The van der Waals surface area contributed by atoms with Crippen molar-refractivity contribution in [3.05, 3.63) is 53.6 Å². The number of nitrogens with zero attached hydrogens (tertiary/aromatic N) is 3. The molecule has 1 aliphatic heterocycles. The summed E-state index contributed by atoms with van der Waals surface area (Å²) >= 11 is 0. The second-order valence-corrected chi connectivity index (χ2v) is 7.11. The molecule has 0 fully saturated rings. The van der Waals surface area contributed by atoms with Crippen LogP contribution in [0.3, 0.4) is 0 Å². The average Bonchev–Trinajstić information content (AvgIpc) is 3.13. The lowest BCUT2D eigenvalue weighted by molar-refractivity contribution is 0.100. The van der Waals surface area contributed by atoms with Crippen LogP contribution in [0, 0.1) is 6.92 Å². The number of hydrogen-bond donors (Lipinski definition) is 1. The molecular formula is C21H20N4O. The van der Waals surface area contributed by atoms with E-state index in [1.807, 2.05) is 6.07 Å². The molecule has 0 aliphatic carbocycles. The highest BCUT2D eigenvalue weighted by Crippen LogP contribution is 2.33. The summed E-state index contributed by atoms with van der Waals surface area (Å²) in [6.07, 6.45) is 2.23. The number of fused-ring (bicyclic) bond motifs is 7. The molecule has 26 heavy (non-hydrogen) atoms. The van der Waals surface area contributed by atoms with Crippen LogP contribution in [-0.2, 0) is 13.1 Å². The molecule has 5 nitrogen and oxygen atoms in total. The van der Waals surface area contributed by atoms with Crippen molar-refractivity contribution in [3.8, 4) is 11.5 Å². The number of rotatable bonds is 1. The number of imidazole rings is 1. The van der Waals surface area contributed by atoms with Crippen LogP contribution in [0.15, 0.2) is 42.5 Å². The van der Waals surface area contributed by atoms with Crippen LogP contribution in [0.2, 0.25) is 0 Å². The Morgan fingerprint density at radius 3 is 2.62 bits per heavy atom. The Balaban J connectivity index is 1.82. The maximum atomic E-state index is 11.5. The summed E-state index contributed by atoms with van der Waals surface area (Å²) in [5, 5.41) is 1.24. The lowest BCUT2D eigenvalue weighted by Crippen LogP contribution is -2.11. The van der Waals surface area contributed by atoms with Crippen LogP contribution in [-0.4, -0.2) is 20.0 Å². The Morgan fingerprint density at radius 2 is 1.81 bits per heavy atom. The SMILES string of the molecule is Cc1ccc2cc3n(c2c1)CCCCn1c-3nc2cc(C(N)=O)ccc21. The van der Waals surface area contributed by atoms with Gasteiger partial charge in [-0.1, -0.05) is 12.1 Å². The van der Waals surface area contributed by atoms with E-state index in [1.54, 1.807) is 12.1 Å². The molecule has 1 amide bonds. The predicted molar refractivity (Wildman–Crippen MR) is 103 cm³/mol. The minimum Gasteiger partial charge on any atom is -0.366 e. The van der Waals surface area contributed by atoms with Crippen molar-refractivity contribution in [1.82, 2.24) is 14.1 Å². The summed E-state index contributed by atoms with van der Waals surface area (Å²) in [6.45, 7) is 4.06. The molecule has 0 radical (unpaired) electrons. The normalized spacial score (nSPS) is 14.0.